The fraction of sp³-hybridized carbons (Fsp3) is 0.381. The van der Waals surface area contributed by atoms with Gasteiger partial charge in [-0.15, -0.1) is 11.8 Å². The van der Waals surface area contributed by atoms with Gasteiger partial charge in [-0.05, 0) is 49.4 Å². The first-order valence-corrected chi connectivity index (χ1v) is 11.1. The molecule has 1 aliphatic heterocycles. The molecule has 1 amide bonds. The van der Waals surface area contributed by atoms with Crippen LogP contribution in [0.4, 0.5) is 0 Å². The van der Waals surface area contributed by atoms with Gasteiger partial charge >= 0.3 is 11.9 Å². The second kappa shape index (κ2) is 11.2. The lowest BCUT2D eigenvalue weighted by Crippen LogP contribution is -2.60. The quantitative estimate of drug-likeness (QED) is 0.222. The number of hydrogen-bond donors (Lipinski definition) is 0. The van der Waals surface area contributed by atoms with Crippen molar-refractivity contribution in [3.05, 3.63) is 52.6 Å². The van der Waals surface area contributed by atoms with Gasteiger partial charge in [0.15, 0.2) is 0 Å². The molecule has 0 N–H and O–H groups in total. The summed E-state index contributed by atoms with van der Waals surface area (Å²) in [6.45, 7) is 5.56. The number of hydrogen-bond acceptors (Lipinski definition) is 7. The third-order valence-corrected chi connectivity index (χ3v) is 6.42. The number of methoxy groups -OCH3 is 1. The second-order valence-corrected chi connectivity index (χ2v) is 8.48. The highest BCUT2D eigenvalue weighted by molar-refractivity contribution is 9.10. The van der Waals surface area contributed by atoms with Crippen molar-refractivity contribution in [2.45, 2.75) is 37.6 Å². The van der Waals surface area contributed by atoms with Crippen molar-refractivity contribution in [1.82, 2.24) is 4.90 Å². The van der Waals surface area contributed by atoms with Crippen LogP contribution in [0.3, 0.4) is 0 Å². The van der Waals surface area contributed by atoms with Crippen molar-refractivity contribution < 1.29 is 28.6 Å². The van der Waals surface area contributed by atoms with Gasteiger partial charge in [0.1, 0.15) is 28.3 Å². The zero-order valence-electron chi connectivity index (χ0n) is 17.2. The third-order valence-electron chi connectivity index (χ3n) is 4.12. The minimum Gasteiger partial charge on any atom is -0.497 e. The number of nitrogens with zero attached hydrogens (tertiary/aromatic N) is 1. The number of halogens is 1. The van der Waals surface area contributed by atoms with E-state index in [0.717, 1.165) is 5.56 Å². The maximum atomic E-state index is 12.8. The first-order valence-electron chi connectivity index (χ1n) is 9.23. The smallest absolute Gasteiger partial charge is 0.355 e. The summed E-state index contributed by atoms with van der Waals surface area (Å²) in [6.07, 6.45) is 1.29. The van der Waals surface area contributed by atoms with Gasteiger partial charge < -0.3 is 14.2 Å². The number of alkyl halides is 1. The number of carbonyl (C=O) groups is 3. The van der Waals surface area contributed by atoms with Crippen LogP contribution in [-0.2, 0) is 30.5 Å². The Morgan fingerprint density at radius 2 is 1.87 bits per heavy atom. The molecule has 0 radical (unpaired) electrons. The zero-order chi connectivity index (χ0) is 22.3. The van der Waals surface area contributed by atoms with E-state index in [2.05, 4.69) is 15.9 Å². The topological polar surface area (TPSA) is 82.1 Å². The molecule has 1 aliphatic rings. The maximum Gasteiger partial charge on any atom is 0.355 e. The number of allylic oxidation sites excluding steroid dienone is 1. The lowest BCUT2D eigenvalue weighted by Gasteiger charge is -2.44. The zero-order valence-corrected chi connectivity index (χ0v) is 19.6. The van der Waals surface area contributed by atoms with E-state index < -0.39 is 16.8 Å². The summed E-state index contributed by atoms with van der Waals surface area (Å²) >= 11 is 4.58. The summed E-state index contributed by atoms with van der Waals surface area (Å²) in [4.78, 5) is 37.6. The van der Waals surface area contributed by atoms with E-state index in [1.807, 2.05) is 0 Å². The van der Waals surface area contributed by atoms with Crippen molar-refractivity contribution in [3.8, 4) is 5.75 Å². The van der Waals surface area contributed by atoms with E-state index in [1.165, 1.54) is 22.7 Å². The van der Waals surface area contributed by atoms with Crippen LogP contribution in [0.1, 0.15) is 26.3 Å². The Morgan fingerprint density at radius 3 is 2.43 bits per heavy atom. The van der Waals surface area contributed by atoms with Crippen LogP contribution in [0.15, 0.2) is 47.0 Å². The number of rotatable bonds is 9. The minimum atomic E-state index is -0.585. The monoisotopic (exact) mass is 497 g/mol. The summed E-state index contributed by atoms with van der Waals surface area (Å²) in [6, 6.07) is 7.16. The van der Waals surface area contributed by atoms with Crippen molar-refractivity contribution in [2.24, 2.45) is 0 Å². The molecule has 0 aliphatic carbocycles. The van der Waals surface area contributed by atoms with E-state index in [0.29, 0.717) is 11.3 Å². The molecule has 30 heavy (non-hydrogen) atoms. The average Bonchev–Trinajstić information content (AvgIpc) is 2.73. The predicted molar refractivity (Wildman–Crippen MR) is 118 cm³/mol. The molecule has 1 saturated heterocycles. The molecule has 0 saturated carbocycles. The van der Waals surface area contributed by atoms with Gasteiger partial charge in [0, 0.05) is 6.08 Å². The molecule has 1 heterocycles. The Bertz CT molecular complexity index is 848. The van der Waals surface area contributed by atoms with Crippen LogP contribution in [0, 0.1) is 0 Å². The lowest BCUT2D eigenvalue weighted by atomic mass is 10.1. The van der Waals surface area contributed by atoms with Gasteiger partial charge in [-0.1, -0.05) is 28.1 Å². The van der Waals surface area contributed by atoms with Gasteiger partial charge in [0.25, 0.3) is 0 Å². The molecular weight excluding hydrogens is 474 g/mol. The molecule has 9 heteroatoms. The Balaban J connectivity index is 2.07. The molecule has 1 fully saturated rings. The number of benzene rings is 1. The summed E-state index contributed by atoms with van der Waals surface area (Å²) < 4.78 is 15.4. The molecule has 0 spiro atoms. The minimum absolute atomic E-state index is 0.0694. The van der Waals surface area contributed by atoms with Crippen LogP contribution in [0.2, 0.25) is 0 Å². The number of amides is 1. The van der Waals surface area contributed by atoms with E-state index >= 15 is 0 Å². The van der Waals surface area contributed by atoms with Crippen molar-refractivity contribution in [2.75, 3.05) is 13.7 Å². The lowest BCUT2D eigenvalue weighted by molar-refractivity contribution is -0.149. The van der Waals surface area contributed by atoms with Crippen LogP contribution < -0.4 is 4.74 Å². The molecule has 1 aromatic rings. The number of thioether (sulfide) groups is 1. The fourth-order valence-corrected chi connectivity index (χ4v) is 4.41. The highest BCUT2D eigenvalue weighted by atomic mass is 79.9. The largest absolute Gasteiger partial charge is 0.497 e. The Kier molecular flexibility index (Phi) is 8.98. The normalized spacial score (nSPS) is 18.0. The molecule has 1 aromatic carbocycles. The number of esters is 2. The Labute approximate surface area is 188 Å². The predicted octanol–water partition coefficient (Wildman–Crippen LogP) is 3.77. The van der Waals surface area contributed by atoms with E-state index in [4.69, 9.17) is 14.2 Å². The van der Waals surface area contributed by atoms with Gasteiger partial charge in [0.05, 0.1) is 13.7 Å². The van der Waals surface area contributed by atoms with Crippen LogP contribution in [-0.4, -0.2) is 46.7 Å². The first kappa shape index (κ1) is 24.0. The van der Waals surface area contributed by atoms with Crippen molar-refractivity contribution >= 4 is 45.5 Å². The van der Waals surface area contributed by atoms with Crippen LogP contribution >= 0.6 is 27.7 Å². The molecule has 2 rings (SSSR count). The van der Waals surface area contributed by atoms with Crippen molar-refractivity contribution in [1.29, 1.82) is 0 Å². The summed E-state index contributed by atoms with van der Waals surface area (Å²) in [7, 11) is 1.58. The fourth-order valence-electron chi connectivity index (χ4n) is 2.64. The van der Waals surface area contributed by atoms with Gasteiger partial charge in [0.2, 0.25) is 5.91 Å². The maximum absolute atomic E-state index is 12.8. The van der Waals surface area contributed by atoms with Gasteiger partial charge in [-0.3, -0.25) is 9.69 Å². The Hall–Kier alpha value is -2.26. The number of carbonyl (C=O) groups excluding carboxylic acids is 3. The van der Waals surface area contributed by atoms with Gasteiger partial charge in [-0.2, -0.15) is 0 Å². The third kappa shape index (κ3) is 5.89. The molecule has 0 bridgehead atoms. The average molecular weight is 498 g/mol. The Morgan fingerprint density at radius 1 is 1.20 bits per heavy atom. The number of ether oxygens (including phenoxy) is 3. The molecule has 0 aromatic heterocycles. The molecule has 162 valence electrons. The summed E-state index contributed by atoms with van der Waals surface area (Å²) in [5.74, 6) is -0.580. The first-order chi connectivity index (χ1) is 14.3. The SMILES string of the molecule is CCOC(=O)C=CSC1C(Br)C(=O)N1C(C(=O)OCc1ccc(OC)cc1)=C(C)C. The number of β-lactam (4-membered cyclic amide) rings is 1. The summed E-state index contributed by atoms with van der Waals surface area (Å²) in [5.41, 5.74) is 1.66. The molecule has 7 nitrogen and oxygen atoms in total. The summed E-state index contributed by atoms with van der Waals surface area (Å²) in [5, 5.41) is 1.17. The number of likely N-dealkylation sites (tertiary alicyclic amines) is 1. The van der Waals surface area contributed by atoms with Gasteiger partial charge in [-0.25, -0.2) is 9.59 Å². The highest BCUT2D eigenvalue weighted by Crippen LogP contribution is 2.39. The van der Waals surface area contributed by atoms with Crippen molar-refractivity contribution in [3.63, 3.8) is 0 Å². The molecular formula is C21H24BrNO6S. The molecule has 2 unspecified atom stereocenters. The highest BCUT2D eigenvalue weighted by Gasteiger charge is 2.49. The van der Waals surface area contributed by atoms with E-state index in [-0.39, 0.29) is 30.2 Å². The van der Waals surface area contributed by atoms with Crippen LogP contribution in [0.25, 0.3) is 0 Å². The van der Waals surface area contributed by atoms with Crippen LogP contribution in [0.5, 0.6) is 5.75 Å². The standard InChI is InChI=1S/C21H24BrNO6S/c1-5-28-16(24)10-11-30-20-17(22)19(25)23(20)18(13(2)3)21(26)29-12-14-6-8-15(27-4)9-7-14/h6-11,17,20H,5,12H2,1-4H3. The molecule has 2 atom stereocenters. The van der Waals surface area contributed by atoms with E-state index in [9.17, 15) is 14.4 Å². The van der Waals surface area contributed by atoms with E-state index in [1.54, 1.807) is 57.6 Å². The second-order valence-electron chi connectivity index (χ2n) is 6.46.